The number of anilines is 2. The molecule has 7 nitrogen and oxygen atoms in total. The van der Waals surface area contributed by atoms with Crippen LogP contribution in [0.2, 0.25) is 15.1 Å². The Kier molecular flexibility index (Phi) is 8.50. The Labute approximate surface area is 208 Å². The van der Waals surface area contributed by atoms with Crippen LogP contribution in [0.25, 0.3) is 0 Å². The maximum Gasteiger partial charge on any atom is 0.255 e. The van der Waals surface area contributed by atoms with Crippen molar-refractivity contribution in [2.45, 2.75) is 25.7 Å². The fourth-order valence-corrected chi connectivity index (χ4v) is 5.18. The number of hydrogen-bond acceptors (Lipinski definition) is 4. The van der Waals surface area contributed by atoms with E-state index < -0.39 is 22.5 Å². The lowest BCUT2D eigenvalue weighted by Gasteiger charge is -2.24. The van der Waals surface area contributed by atoms with Crippen molar-refractivity contribution in [1.29, 1.82) is 0 Å². The molecule has 0 radical (unpaired) electrons. The number of nitrogens with zero attached hydrogens (tertiary/aromatic N) is 2. The summed E-state index contributed by atoms with van der Waals surface area (Å²) in [4.78, 5) is 27.8. The van der Waals surface area contributed by atoms with Crippen LogP contribution in [0.4, 0.5) is 11.4 Å². The number of para-hydroxylation sites is 1. The van der Waals surface area contributed by atoms with Gasteiger partial charge in [-0.05, 0) is 37.1 Å². The van der Waals surface area contributed by atoms with Crippen molar-refractivity contribution < 1.29 is 18.0 Å². The lowest BCUT2D eigenvalue weighted by molar-refractivity contribution is -0.114. The van der Waals surface area contributed by atoms with Crippen molar-refractivity contribution >= 4 is 68.0 Å². The summed E-state index contributed by atoms with van der Waals surface area (Å²) in [6.07, 6.45) is 5.00. The number of amides is 2. The summed E-state index contributed by atoms with van der Waals surface area (Å²) < 4.78 is 25.7. The van der Waals surface area contributed by atoms with Crippen molar-refractivity contribution in [2.75, 3.05) is 35.5 Å². The molecule has 0 bridgehead atoms. The summed E-state index contributed by atoms with van der Waals surface area (Å²) in [5, 5.41) is 2.95. The molecule has 1 aliphatic heterocycles. The molecule has 11 heteroatoms. The second-order valence-electron chi connectivity index (χ2n) is 7.79. The fourth-order valence-electron chi connectivity index (χ4n) is 3.63. The molecule has 2 amide bonds. The van der Waals surface area contributed by atoms with Crippen molar-refractivity contribution in [3.05, 3.63) is 57.0 Å². The van der Waals surface area contributed by atoms with Gasteiger partial charge in [0.05, 0.1) is 38.3 Å². The molecular weight excluding hydrogens is 509 g/mol. The minimum atomic E-state index is -3.89. The van der Waals surface area contributed by atoms with E-state index in [1.165, 1.54) is 12.1 Å². The average molecular weight is 533 g/mol. The molecule has 33 heavy (non-hydrogen) atoms. The standard InChI is InChI=1S/C22H24Cl3N3O4S/c1-33(31,32)28(20-13-17(24)16(23)12-18(20)25)14-21(29)26-19-9-5-4-8-15(19)22(30)27-10-6-2-3-7-11-27/h4-5,8-9,12-13H,2-3,6-7,10-11,14H2,1H3,(H,26,29). The summed E-state index contributed by atoms with van der Waals surface area (Å²) in [5.74, 6) is -0.807. The number of benzene rings is 2. The maximum atomic E-state index is 13.1. The summed E-state index contributed by atoms with van der Waals surface area (Å²) in [7, 11) is -3.89. The van der Waals surface area contributed by atoms with Crippen LogP contribution in [0.5, 0.6) is 0 Å². The van der Waals surface area contributed by atoms with Crippen molar-refractivity contribution in [3.63, 3.8) is 0 Å². The molecule has 3 rings (SSSR count). The number of carbonyl (C=O) groups excluding carboxylic acids is 2. The molecule has 1 N–H and O–H groups in total. The molecule has 178 valence electrons. The molecule has 2 aromatic carbocycles. The number of sulfonamides is 1. The zero-order valence-electron chi connectivity index (χ0n) is 18.0. The molecule has 1 fully saturated rings. The second kappa shape index (κ2) is 11.0. The van der Waals surface area contributed by atoms with E-state index in [4.69, 9.17) is 34.8 Å². The normalized spacial score (nSPS) is 14.5. The number of rotatable bonds is 6. The molecule has 1 heterocycles. The molecule has 0 aliphatic carbocycles. The van der Waals surface area contributed by atoms with Gasteiger partial charge in [-0.3, -0.25) is 13.9 Å². The van der Waals surface area contributed by atoms with Crippen LogP contribution in [0.15, 0.2) is 36.4 Å². The van der Waals surface area contributed by atoms with Crippen LogP contribution in [0.1, 0.15) is 36.0 Å². The Bertz CT molecular complexity index is 1150. The van der Waals surface area contributed by atoms with Crippen LogP contribution < -0.4 is 9.62 Å². The van der Waals surface area contributed by atoms with Gasteiger partial charge in [0, 0.05) is 13.1 Å². The molecule has 0 saturated carbocycles. The van der Waals surface area contributed by atoms with E-state index in [0.29, 0.717) is 24.3 Å². The number of carbonyl (C=O) groups is 2. The maximum absolute atomic E-state index is 13.1. The smallest absolute Gasteiger partial charge is 0.255 e. The predicted octanol–water partition coefficient (Wildman–Crippen LogP) is 5.07. The van der Waals surface area contributed by atoms with E-state index in [-0.39, 0.29) is 26.7 Å². The predicted molar refractivity (Wildman–Crippen MR) is 133 cm³/mol. The van der Waals surface area contributed by atoms with E-state index in [1.807, 2.05) is 0 Å². The van der Waals surface area contributed by atoms with Crippen LogP contribution >= 0.6 is 34.8 Å². The highest BCUT2D eigenvalue weighted by Crippen LogP contribution is 2.35. The van der Waals surface area contributed by atoms with E-state index in [0.717, 1.165) is 36.2 Å². The zero-order valence-corrected chi connectivity index (χ0v) is 21.1. The minimum absolute atomic E-state index is 0.0256. The monoisotopic (exact) mass is 531 g/mol. The first-order valence-corrected chi connectivity index (χ1v) is 13.4. The second-order valence-corrected chi connectivity index (χ2v) is 10.9. The average Bonchev–Trinajstić information content (AvgIpc) is 3.04. The molecule has 2 aromatic rings. The Morgan fingerprint density at radius 1 is 0.970 bits per heavy atom. The van der Waals surface area contributed by atoms with Crippen LogP contribution in [-0.2, 0) is 14.8 Å². The van der Waals surface area contributed by atoms with E-state index in [2.05, 4.69) is 5.32 Å². The molecule has 0 atom stereocenters. The van der Waals surface area contributed by atoms with Gasteiger partial charge in [0.1, 0.15) is 6.54 Å². The Balaban J connectivity index is 1.83. The van der Waals surface area contributed by atoms with Crippen LogP contribution in [-0.4, -0.2) is 51.0 Å². The van der Waals surface area contributed by atoms with Gasteiger partial charge in [-0.2, -0.15) is 0 Å². The van der Waals surface area contributed by atoms with Gasteiger partial charge >= 0.3 is 0 Å². The van der Waals surface area contributed by atoms with E-state index in [9.17, 15) is 18.0 Å². The first kappa shape index (κ1) is 25.6. The van der Waals surface area contributed by atoms with Gasteiger partial charge in [0.25, 0.3) is 5.91 Å². The SMILES string of the molecule is CS(=O)(=O)N(CC(=O)Nc1ccccc1C(=O)N1CCCCCC1)c1cc(Cl)c(Cl)cc1Cl. The van der Waals surface area contributed by atoms with Gasteiger partial charge in [-0.15, -0.1) is 0 Å². The topological polar surface area (TPSA) is 86.8 Å². The molecule has 1 saturated heterocycles. The Morgan fingerprint density at radius 3 is 2.21 bits per heavy atom. The number of nitrogens with one attached hydrogen (secondary N) is 1. The molecular formula is C22H24Cl3N3O4S. The fraction of sp³-hybridized carbons (Fsp3) is 0.364. The number of likely N-dealkylation sites (tertiary alicyclic amines) is 1. The number of hydrogen-bond donors (Lipinski definition) is 1. The Morgan fingerprint density at radius 2 is 1.58 bits per heavy atom. The third-order valence-corrected chi connectivity index (χ3v) is 7.42. The minimum Gasteiger partial charge on any atom is -0.339 e. The van der Waals surface area contributed by atoms with E-state index >= 15 is 0 Å². The molecule has 0 aromatic heterocycles. The van der Waals surface area contributed by atoms with Crippen molar-refractivity contribution in [1.82, 2.24) is 4.90 Å². The summed E-state index contributed by atoms with van der Waals surface area (Å²) >= 11 is 18.2. The Hall–Kier alpha value is -2.00. The van der Waals surface area contributed by atoms with Gasteiger partial charge in [-0.25, -0.2) is 8.42 Å². The third-order valence-electron chi connectivity index (χ3n) is 5.27. The highest BCUT2D eigenvalue weighted by atomic mass is 35.5. The van der Waals surface area contributed by atoms with Crippen LogP contribution in [0.3, 0.4) is 0 Å². The lowest BCUT2D eigenvalue weighted by Crippen LogP contribution is -2.38. The van der Waals surface area contributed by atoms with Gasteiger partial charge in [0.15, 0.2) is 0 Å². The van der Waals surface area contributed by atoms with Gasteiger partial charge in [0.2, 0.25) is 15.9 Å². The van der Waals surface area contributed by atoms with Gasteiger partial charge in [-0.1, -0.05) is 59.8 Å². The molecule has 1 aliphatic rings. The van der Waals surface area contributed by atoms with Gasteiger partial charge < -0.3 is 10.2 Å². The largest absolute Gasteiger partial charge is 0.339 e. The van der Waals surface area contributed by atoms with Crippen molar-refractivity contribution in [2.24, 2.45) is 0 Å². The lowest BCUT2D eigenvalue weighted by atomic mass is 10.1. The molecule has 0 unspecified atom stereocenters. The summed E-state index contributed by atoms with van der Waals surface area (Å²) in [5.41, 5.74) is 0.689. The van der Waals surface area contributed by atoms with Crippen LogP contribution in [0, 0.1) is 0 Å². The molecule has 0 spiro atoms. The first-order chi connectivity index (χ1) is 15.6. The summed E-state index contributed by atoms with van der Waals surface area (Å²) in [6, 6.07) is 9.27. The van der Waals surface area contributed by atoms with E-state index in [1.54, 1.807) is 29.2 Å². The highest BCUT2D eigenvalue weighted by Gasteiger charge is 2.26. The summed E-state index contributed by atoms with van der Waals surface area (Å²) in [6.45, 7) is 0.764. The number of halogens is 3. The quantitative estimate of drug-likeness (QED) is 0.526. The zero-order chi connectivity index (χ0) is 24.2. The first-order valence-electron chi connectivity index (χ1n) is 10.4. The third kappa shape index (κ3) is 6.53. The van der Waals surface area contributed by atoms with Crippen molar-refractivity contribution in [3.8, 4) is 0 Å². The highest BCUT2D eigenvalue weighted by molar-refractivity contribution is 7.92.